The first-order chi connectivity index (χ1) is 9.72. The van der Waals surface area contributed by atoms with Crippen molar-refractivity contribution in [2.24, 2.45) is 5.73 Å². The van der Waals surface area contributed by atoms with Crippen LogP contribution in [0.15, 0.2) is 0 Å². The van der Waals surface area contributed by atoms with Gasteiger partial charge in [-0.15, -0.1) is 0 Å². The van der Waals surface area contributed by atoms with E-state index in [0.29, 0.717) is 6.10 Å². The van der Waals surface area contributed by atoms with E-state index in [-0.39, 0.29) is 5.54 Å². The summed E-state index contributed by atoms with van der Waals surface area (Å²) in [5, 5.41) is 0. The van der Waals surface area contributed by atoms with Crippen molar-refractivity contribution in [3.05, 3.63) is 0 Å². The lowest BCUT2D eigenvalue weighted by atomic mass is 9.82. The molecule has 2 rings (SSSR count). The summed E-state index contributed by atoms with van der Waals surface area (Å²) in [6, 6.07) is 0.737. The maximum Gasteiger partial charge on any atom is 0.0593 e. The summed E-state index contributed by atoms with van der Waals surface area (Å²) in [6.45, 7) is 3.92. The molecule has 0 radical (unpaired) electrons. The summed E-state index contributed by atoms with van der Waals surface area (Å²) >= 11 is 0. The molecular weight excluding hydrogens is 248 g/mol. The maximum atomic E-state index is 6.25. The van der Waals surface area contributed by atoms with Crippen LogP contribution >= 0.6 is 0 Å². The summed E-state index contributed by atoms with van der Waals surface area (Å²) in [6.07, 6.45) is 13.4. The molecule has 1 saturated heterocycles. The number of nitrogens with two attached hydrogens (primary N) is 1. The third-order valence-corrected chi connectivity index (χ3v) is 5.64. The van der Waals surface area contributed by atoms with Gasteiger partial charge < -0.3 is 10.5 Å². The van der Waals surface area contributed by atoms with Crippen LogP contribution in [0.1, 0.15) is 71.1 Å². The highest BCUT2D eigenvalue weighted by Gasteiger charge is 2.41. The summed E-state index contributed by atoms with van der Waals surface area (Å²) in [5.74, 6) is 0. The zero-order valence-electron chi connectivity index (χ0n) is 13.6. The number of nitrogens with zero attached hydrogens (tertiary/aromatic N) is 1. The Bertz CT molecular complexity index is 274. The molecule has 0 aromatic rings. The standard InChI is InChI=1S/C17H34N2O/c1-3-8-16-13-17(14-18,11-12-20-16)19(2)15-9-6-4-5-7-10-15/h15-16H,3-14,18H2,1-2H3. The predicted molar refractivity (Wildman–Crippen MR) is 84.9 cm³/mol. The van der Waals surface area contributed by atoms with Gasteiger partial charge in [-0.25, -0.2) is 0 Å². The molecule has 0 amide bonds. The van der Waals surface area contributed by atoms with Gasteiger partial charge in [-0.3, -0.25) is 4.90 Å². The van der Waals surface area contributed by atoms with Gasteiger partial charge in [-0.2, -0.15) is 0 Å². The lowest BCUT2D eigenvalue weighted by molar-refractivity contribution is -0.0791. The van der Waals surface area contributed by atoms with E-state index in [9.17, 15) is 0 Å². The molecule has 1 aliphatic heterocycles. The molecule has 1 aliphatic carbocycles. The Kier molecular flexibility index (Phi) is 6.31. The zero-order chi connectivity index (χ0) is 14.4. The Hall–Kier alpha value is -0.120. The monoisotopic (exact) mass is 282 g/mol. The molecule has 2 atom stereocenters. The number of rotatable bonds is 5. The van der Waals surface area contributed by atoms with Gasteiger partial charge in [-0.1, -0.05) is 39.0 Å². The minimum absolute atomic E-state index is 0.188. The van der Waals surface area contributed by atoms with Crippen molar-refractivity contribution in [2.45, 2.75) is 88.8 Å². The van der Waals surface area contributed by atoms with Gasteiger partial charge in [0.25, 0.3) is 0 Å². The average Bonchev–Trinajstić information content (AvgIpc) is 2.76. The van der Waals surface area contributed by atoms with E-state index in [0.717, 1.165) is 32.0 Å². The van der Waals surface area contributed by atoms with Crippen LogP contribution in [-0.4, -0.2) is 42.8 Å². The second-order valence-corrected chi connectivity index (χ2v) is 6.92. The van der Waals surface area contributed by atoms with Crippen LogP contribution in [0.2, 0.25) is 0 Å². The molecule has 0 aromatic heterocycles. The van der Waals surface area contributed by atoms with Crippen LogP contribution < -0.4 is 5.73 Å². The Balaban J connectivity index is 2.03. The van der Waals surface area contributed by atoms with Crippen molar-refractivity contribution in [3.8, 4) is 0 Å². The van der Waals surface area contributed by atoms with E-state index in [4.69, 9.17) is 10.5 Å². The molecule has 1 saturated carbocycles. The van der Waals surface area contributed by atoms with Crippen molar-refractivity contribution in [1.82, 2.24) is 4.90 Å². The fourth-order valence-electron chi connectivity index (χ4n) is 4.19. The summed E-state index contributed by atoms with van der Waals surface area (Å²) in [7, 11) is 2.33. The van der Waals surface area contributed by atoms with E-state index in [1.807, 2.05) is 0 Å². The minimum Gasteiger partial charge on any atom is -0.378 e. The third-order valence-electron chi connectivity index (χ3n) is 5.64. The molecule has 0 aromatic carbocycles. The molecule has 3 nitrogen and oxygen atoms in total. The smallest absolute Gasteiger partial charge is 0.0593 e. The average molecular weight is 282 g/mol. The summed E-state index contributed by atoms with van der Waals surface area (Å²) < 4.78 is 5.96. The second kappa shape index (κ2) is 7.77. The molecule has 0 spiro atoms. The fourth-order valence-corrected chi connectivity index (χ4v) is 4.19. The lowest BCUT2D eigenvalue weighted by Gasteiger charge is -2.49. The maximum absolute atomic E-state index is 6.25. The van der Waals surface area contributed by atoms with Crippen molar-refractivity contribution >= 4 is 0 Å². The number of hydrogen-bond acceptors (Lipinski definition) is 3. The van der Waals surface area contributed by atoms with E-state index >= 15 is 0 Å². The lowest BCUT2D eigenvalue weighted by Crippen LogP contribution is -2.60. The molecule has 1 heterocycles. The van der Waals surface area contributed by atoms with Crippen LogP contribution in [0.5, 0.6) is 0 Å². The largest absolute Gasteiger partial charge is 0.378 e. The third kappa shape index (κ3) is 3.75. The Morgan fingerprint density at radius 3 is 2.50 bits per heavy atom. The van der Waals surface area contributed by atoms with Crippen LogP contribution in [0.3, 0.4) is 0 Å². The Labute approximate surface area is 125 Å². The Morgan fingerprint density at radius 2 is 1.90 bits per heavy atom. The van der Waals surface area contributed by atoms with Gasteiger partial charge in [0.2, 0.25) is 0 Å². The quantitative estimate of drug-likeness (QED) is 0.786. The van der Waals surface area contributed by atoms with Gasteiger partial charge >= 0.3 is 0 Å². The van der Waals surface area contributed by atoms with E-state index < -0.39 is 0 Å². The van der Waals surface area contributed by atoms with Crippen LogP contribution in [-0.2, 0) is 4.74 Å². The van der Waals surface area contributed by atoms with E-state index in [1.54, 1.807) is 0 Å². The molecule has 3 heteroatoms. The highest BCUT2D eigenvalue weighted by molar-refractivity contribution is 4.97. The molecule has 20 heavy (non-hydrogen) atoms. The first kappa shape index (κ1) is 16.3. The number of ether oxygens (including phenoxy) is 1. The zero-order valence-corrected chi connectivity index (χ0v) is 13.6. The van der Waals surface area contributed by atoms with Crippen molar-refractivity contribution in [3.63, 3.8) is 0 Å². The topological polar surface area (TPSA) is 38.5 Å². The highest BCUT2D eigenvalue weighted by atomic mass is 16.5. The van der Waals surface area contributed by atoms with Gasteiger partial charge in [0, 0.05) is 24.7 Å². The van der Waals surface area contributed by atoms with Crippen LogP contribution in [0, 0.1) is 0 Å². The molecule has 118 valence electrons. The normalized spacial score (nSPS) is 33.3. The molecule has 2 aliphatic rings. The van der Waals surface area contributed by atoms with Gasteiger partial charge in [0.1, 0.15) is 0 Å². The molecular formula is C17H34N2O. The van der Waals surface area contributed by atoms with E-state index in [2.05, 4.69) is 18.9 Å². The van der Waals surface area contributed by atoms with Crippen molar-refractivity contribution in [1.29, 1.82) is 0 Å². The van der Waals surface area contributed by atoms with Gasteiger partial charge in [-0.05, 0) is 39.2 Å². The number of likely N-dealkylation sites (N-methyl/N-ethyl adjacent to an activating group) is 1. The van der Waals surface area contributed by atoms with Crippen molar-refractivity contribution in [2.75, 3.05) is 20.2 Å². The van der Waals surface area contributed by atoms with Crippen LogP contribution in [0.25, 0.3) is 0 Å². The van der Waals surface area contributed by atoms with E-state index in [1.165, 1.54) is 51.4 Å². The first-order valence-corrected chi connectivity index (χ1v) is 8.76. The van der Waals surface area contributed by atoms with Gasteiger partial charge in [0.15, 0.2) is 0 Å². The summed E-state index contributed by atoms with van der Waals surface area (Å²) in [4.78, 5) is 2.66. The van der Waals surface area contributed by atoms with Gasteiger partial charge in [0.05, 0.1) is 6.10 Å². The molecule has 2 N–H and O–H groups in total. The summed E-state index contributed by atoms with van der Waals surface area (Å²) in [5.41, 5.74) is 6.43. The molecule has 2 fully saturated rings. The van der Waals surface area contributed by atoms with Crippen LogP contribution in [0.4, 0.5) is 0 Å². The molecule has 2 unspecified atom stereocenters. The fraction of sp³-hybridized carbons (Fsp3) is 1.00. The SMILES string of the molecule is CCCC1CC(CN)(N(C)C2CCCCCC2)CCO1. The second-order valence-electron chi connectivity index (χ2n) is 6.92. The highest BCUT2D eigenvalue weighted by Crippen LogP contribution is 2.35. The Morgan fingerprint density at radius 1 is 1.20 bits per heavy atom. The number of hydrogen-bond donors (Lipinski definition) is 1. The first-order valence-electron chi connectivity index (χ1n) is 8.76. The molecule has 0 bridgehead atoms. The van der Waals surface area contributed by atoms with Crippen molar-refractivity contribution < 1.29 is 4.74 Å². The minimum atomic E-state index is 0.188. The predicted octanol–water partition coefficient (Wildman–Crippen LogP) is 3.32.